The molecule has 0 saturated carbocycles. The molecule has 4 nitrogen and oxygen atoms in total. The van der Waals surface area contributed by atoms with E-state index in [2.05, 4.69) is 11.4 Å². The topological polar surface area (TPSA) is 58.6 Å². The molecule has 1 unspecified atom stereocenters. The first kappa shape index (κ1) is 26.0. The van der Waals surface area contributed by atoms with Crippen LogP contribution in [0.2, 0.25) is 0 Å². The van der Waals surface area contributed by atoms with Gasteiger partial charge in [-0.1, -0.05) is 77.6 Å². The van der Waals surface area contributed by atoms with Crippen LogP contribution in [0, 0.1) is 0 Å². The minimum Gasteiger partial charge on any atom is -0.756 e. The second-order valence-electron chi connectivity index (χ2n) is 5.59. The van der Waals surface area contributed by atoms with E-state index < -0.39 is 7.82 Å². The van der Waals surface area contributed by atoms with Crippen molar-refractivity contribution in [2.45, 2.75) is 90.9 Å². The molecule has 0 aliphatic carbocycles. The summed E-state index contributed by atoms with van der Waals surface area (Å²) in [4.78, 5) is 11.1. The van der Waals surface area contributed by atoms with Gasteiger partial charge in [0, 0.05) is 0 Å². The number of phosphoric acid groups is 1. The average molecular weight is 361 g/mol. The maximum Gasteiger partial charge on any atom is 1.00 e. The Labute approximate surface area is 180 Å². The molecule has 1 atom stereocenters. The second-order valence-corrected chi connectivity index (χ2v) is 7.00. The van der Waals surface area contributed by atoms with Gasteiger partial charge in [-0.3, -0.25) is 4.57 Å². The summed E-state index contributed by atoms with van der Waals surface area (Å²) in [5.41, 5.74) is 0. The fraction of sp³-hybridized carbons (Fsp3) is 1.00. The van der Waals surface area contributed by atoms with Crippen LogP contribution in [0.5, 0.6) is 0 Å². The molecule has 0 heterocycles. The van der Waals surface area contributed by atoms with Gasteiger partial charge in [-0.2, -0.15) is 0 Å². The van der Waals surface area contributed by atoms with Crippen molar-refractivity contribution in [2.75, 3.05) is 13.2 Å². The summed E-state index contributed by atoms with van der Waals surface area (Å²) in [5, 5.41) is 0. The number of rotatable bonds is 16. The number of unbranched alkanes of at least 4 members (excludes halogenated alkanes) is 11. The molecule has 0 spiro atoms. The summed E-state index contributed by atoms with van der Waals surface area (Å²) < 4.78 is 20.4. The molecule has 0 amide bonds. The van der Waals surface area contributed by atoms with Crippen LogP contribution in [-0.4, -0.2) is 13.2 Å². The number of hydrogen-bond donors (Lipinski definition) is 0. The van der Waals surface area contributed by atoms with Crippen molar-refractivity contribution < 1.29 is 69.9 Å². The molecule has 0 aliphatic rings. The maximum atomic E-state index is 11.1. The van der Waals surface area contributed by atoms with Crippen LogP contribution in [0.4, 0.5) is 0 Å². The zero-order valence-corrected chi connectivity index (χ0v) is 19.0. The Morgan fingerprint density at radius 1 is 0.727 bits per heavy atom. The Morgan fingerprint density at radius 3 is 1.55 bits per heavy atom. The summed E-state index contributed by atoms with van der Waals surface area (Å²) in [5.74, 6) is 0. The normalized spacial score (nSPS) is 13.6. The van der Waals surface area contributed by atoms with Crippen molar-refractivity contribution in [1.82, 2.24) is 0 Å². The Morgan fingerprint density at radius 2 is 1.14 bits per heavy atom. The molecule has 0 aromatic carbocycles. The molecule has 22 heavy (non-hydrogen) atoms. The van der Waals surface area contributed by atoms with Crippen molar-refractivity contribution >= 4 is 7.82 Å². The van der Waals surface area contributed by atoms with E-state index in [1.165, 1.54) is 57.8 Å². The smallest absolute Gasteiger partial charge is 0.756 e. The summed E-state index contributed by atoms with van der Waals surface area (Å²) in [7, 11) is -4.02. The van der Waals surface area contributed by atoms with Crippen LogP contribution in [0.1, 0.15) is 90.9 Å². The summed E-state index contributed by atoms with van der Waals surface area (Å²) in [6, 6.07) is 0. The van der Waals surface area contributed by atoms with E-state index in [-0.39, 0.29) is 64.6 Å². The largest absolute Gasteiger partial charge is 1.00 e. The van der Waals surface area contributed by atoms with Gasteiger partial charge in [0.25, 0.3) is 7.82 Å². The zero-order valence-electron chi connectivity index (χ0n) is 15.0. The Balaban J connectivity index is 0. The van der Waals surface area contributed by atoms with Gasteiger partial charge in [0.05, 0.1) is 13.2 Å². The molecular weight excluding hydrogens is 326 g/mol. The third-order valence-electron chi connectivity index (χ3n) is 3.53. The van der Waals surface area contributed by atoms with Crippen molar-refractivity contribution in [3.63, 3.8) is 0 Å². The van der Waals surface area contributed by atoms with Crippen LogP contribution >= 0.6 is 7.82 Å². The summed E-state index contributed by atoms with van der Waals surface area (Å²) in [6.45, 7) is 4.27. The van der Waals surface area contributed by atoms with Gasteiger partial charge >= 0.3 is 51.4 Å². The van der Waals surface area contributed by atoms with Crippen LogP contribution in [0.3, 0.4) is 0 Å². The van der Waals surface area contributed by atoms with Crippen LogP contribution < -0.4 is 56.3 Å². The van der Waals surface area contributed by atoms with Crippen LogP contribution in [0.25, 0.3) is 0 Å². The Kier molecular flexibility index (Phi) is 22.5. The fourth-order valence-corrected chi connectivity index (χ4v) is 3.06. The molecule has 0 fully saturated rings. The monoisotopic (exact) mass is 360 g/mol. The molecule has 0 radical (unpaired) electrons. The second kappa shape index (κ2) is 19.1. The van der Waals surface area contributed by atoms with E-state index >= 15 is 0 Å². The number of hydrogen-bond acceptors (Lipinski definition) is 4. The van der Waals surface area contributed by atoms with Crippen molar-refractivity contribution in [3.8, 4) is 0 Å². The van der Waals surface area contributed by atoms with E-state index in [9.17, 15) is 9.46 Å². The Bertz CT molecular complexity index is 265. The van der Waals surface area contributed by atoms with Gasteiger partial charge in [-0.05, 0) is 13.3 Å². The minimum absolute atomic E-state index is 0. The van der Waals surface area contributed by atoms with E-state index in [1.54, 1.807) is 6.92 Å². The molecule has 128 valence electrons. The van der Waals surface area contributed by atoms with E-state index in [4.69, 9.17) is 4.52 Å². The maximum absolute atomic E-state index is 11.1. The van der Waals surface area contributed by atoms with Gasteiger partial charge in [-0.15, -0.1) is 0 Å². The fourth-order valence-electron chi connectivity index (χ4n) is 2.31. The third kappa shape index (κ3) is 19.8. The standard InChI is InChI=1S/C16H35O4P.K/c1-3-5-6-7-8-9-10-11-12-13-14-15-16-20-21(17,18)19-4-2;/h3-16H2,1-2H3,(H,17,18);/q;+1/p-1. The van der Waals surface area contributed by atoms with E-state index in [0.29, 0.717) is 0 Å². The molecule has 0 bridgehead atoms. The van der Waals surface area contributed by atoms with Gasteiger partial charge in [0.2, 0.25) is 0 Å². The van der Waals surface area contributed by atoms with Gasteiger partial charge in [-0.25, -0.2) is 0 Å². The SMILES string of the molecule is CCCCCCCCCCCCCCOP(=O)([O-])OCC.[K+]. The predicted molar refractivity (Wildman–Crippen MR) is 86.3 cm³/mol. The van der Waals surface area contributed by atoms with E-state index in [0.717, 1.165) is 19.3 Å². The van der Waals surface area contributed by atoms with Crippen molar-refractivity contribution in [3.05, 3.63) is 0 Å². The molecule has 0 aromatic rings. The third-order valence-corrected chi connectivity index (χ3v) is 4.61. The zero-order chi connectivity index (χ0) is 15.8. The summed E-state index contributed by atoms with van der Waals surface area (Å²) in [6.07, 6.45) is 15.1. The van der Waals surface area contributed by atoms with Gasteiger partial charge in [0.15, 0.2) is 0 Å². The molecule has 0 aliphatic heterocycles. The molecule has 0 aromatic heterocycles. The molecular formula is C16H34KO4P. The molecule has 0 rings (SSSR count). The summed E-state index contributed by atoms with van der Waals surface area (Å²) >= 11 is 0. The van der Waals surface area contributed by atoms with Crippen molar-refractivity contribution in [1.29, 1.82) is 0 Å². The van der Waals surface area contributed by atoms with Crippen LogP contribution in [-0.2, 0) is 13.6 Å². The van der Waals surface area contributed by atoms with E-state index in [1.807, 2.05) is 0 Å². The first-order valence-corrected chi connectivity index (χ1v) is 10.2. The minimum atomic E-state index is -4.02. The first-order chi connectivity index (χ1) is 10.1. The molecule has 0 saturated heterocycles. The van der Waals surface area contributed by atoms with Crippen molar-refractivity contribution in [2.24, 2.45) is 0 Å². The quantitative estimate of drug-likeness (QED) is 0.241. The van der Waals surface area contributed by atoms with Crippen LogP contribution in [0.15, 0.2) is 0 Å². The van der Waals surface area contributed by atoms with Gasteiger partial charge < -0.3 is 13.9 Å². The Hall–Kier alpha value is 1.75. The van der Waals surface area contributed by atoms with Gasteiger partial charge in [0.1, 0.15) is 0 Å². The molecule has 6 heteroatoms. The number of phosphoric ester groups is 1. The predicted octanol–water partition coefficient (Wildman–Crippen LogP) is 2.21. The first-order valence-electron chi connectivity index (χ1n) is 8.72. The molecule has 0 N–H and O–H groups in total. The average Bonchev–Trinajstić information content (AvgIpc) is 2.44.